The minimum Gasteiger partial charge on any atom is -0.369 e. The van der Waals surface area contributed by atoms with E-state index in [2.05, 4.69) is 11.8 Å². The van der Waals surface area contributed by atoms with E-state index in [1.165, 1.54) is 31.4 Å². The number of amides is 1. The number of primary amides is 1. The van der Waals surface area contributed by atoms with Crippen molar-refractivity contribution in [3.05, 3.63) is 35.6 Å². The molecule has 1 amide bonds. The number of hydrogen-bond acceptors (Lipinski definition) is 3. The topological polar surface area (TPSA) is 63.4 Å². The molecule has 1 saturated carbocycles. The van der Waals surface area contributed by atoms with Gasteiger partial charge in [-0.25, -0.2) is 4.39 Å². The fourth-order valence-electron chi connectivity index (χ4n) is 5.28. The normalized spacial score (nSPS) is 24.9. The van der Waals surface area contributed by atoms with Crippen LogP contribution in [0.15, 0.2) is 24.3 Å². The summed E-state index contributed by atoms with van der Waals surface area (Å²) in [6.45, 7) is 5.09. The molecule has 2 N–H and O–H groups in total. The Labute approximate surface area is 174 Å². The van der Waals surface area contributed by atoms with E-state index < -0.39 is 0 Å². The van der Waals surface area contributed by atoms with Crippen LogP contribution in [-0.2, 0) is 4.79 Å². The van der Waals surface area contributed by atoms with Crippen LogP contribution in [0, 0.1) is 29.5 Å². The van der Waals surface area contributed by atoms with Crippen molar-refractivity contribution in [2.45, 2.75) is 58.3 Å². The van der Waals surface area contributed by atoms with Gasteiger partial charge >= 0.3 is 0 Å². The SMILES string of the molecule is CCC(C(N)=O)C1CCC(CCN2CCC(C(=O)c3ccc(F)cc3)CC2)CC1. The van der Waals surface area contributed by atoms with Crippen molar-refractivity contribution < 1.29 is 14.0 Å². The van der Waals surface area contributed by atoms with Crippen molar-refractivity contribution in [1.82, 2.24) is 4.90 Å². The van der Waals surface area contributed by atoms with Crippen molar-refractivity contribution in [1.29, 1.82) is 0 Å². The second-order valence-electron chi connectivity index (χ2n) is 8.97. The lowest BCUT2D eigenvalue weighted by molar-refractivity contribution is -0.124. The van der Waals surface area contributed by atoms with Crippen LogP contribution in [0.3, 0.4) is 0 Å². The van der Waals surface area contributed by atoms with Gasteiger partial charge < -0.3 is 10.6 Å². The van der Waals surface area contributed by atoms with Gasteiger partial charge in [0.2, 0.25) is 5.91 Å². The molecule has 4 nitrogen and oxygen atoms in total. The molecule has 3 rings (SSSR count). The highest BCUT2D eigenvalue weighted by molar-refractivity contribution is 5.97. The first-order chi connectivity index (χ1) is 14.0. The Morgan fingerprint density at radius 1 is 1.07 bits per heavy atom. The van der Waals surface area contributed by atoms with E-state index >= 15 is 0 Å². The van der Waals surface area contributed by atoms with E-state index in [1.807, 2.05) is 0 Å². The molecule has 1 aromatic rings. The van der Waals surface area contributed by atoms with Crippen LogP contribution in [0.4, 0.5) is 4.39 Å². The Kier molecular flexibility index (Phi) is 7.82. The Morgan fingerprint density at radius 2 is 1.69 bits per heavy atom. The lowest BCUT2D eigenvalue weighted by Crippen LogP contribution is -2.38. The van der Waals surface area contributed by atoms with Gasteiger partial charge in [-0.05, 0) is 94.3 Å². The van der Waals surface area contributed by atoms with Gasteiger partial charge in [-0.15, -0.1) is 0 Å². The summed E-state index contributed by atoms with van der Waals surface area (Å²) in [5, 5.41) is 0. The highest BCUT2D eigenvalue weighted by atomic mass is 19.1. The number of hydrogen-bond donors (Lipinski definition) is 1. The third kappa shape index (κ3) is 5.88. The number of Topliss-reactive ketones (excluding diaryl/α,β-unsaturated/α-hetero) is 1. The smallest absolute Gasteiger partial charge is 0.220 e. The standard InChI is InChI=1S/C24H35FN2O2/c1-2-22(24(26)29)18-5-3-17(4-6-18)11-14-27-15-12-20(13-16-27)23(28)19-7-9-21(25)10-8-19/h7-10,17-18,20,22H,2-6,11-16H2,1H3,(H2,26,29). The molecule has 2 fully saturated rings. The number of carbonyl (C=O) groups excluding carboxylic acids is 2. The molecular weight excluding hydrogens is 367 g/mol. The van der Waals surface area contributed by atoms with Crippen molar-refractivity contribution in [3.63, 3.8) is 0 Å². The van der Waals surface area contributed by atoms with Crippen molar-refractivity contribution in [2.75, 3.05) is 19.6 Å². The predicted octanol–water partition coefficient (Wildman–Crippen LogP) is 4.43. The molecule has 2 aliphatic rings. The summed E-state index contributed by atoms with van der Waals surface area (Å²) in [6.07, 6.45) is 8.50. The average Bonchev–Trinajstić information content (AvgIpc) is 2.74. The van der Waals surface area contributed by atoms with E-state index in [0.29, 0.717) is 11.5 Å². The molecule has 1 atom stereocenters. The highest BCUT2D eigenvalue weighted by Crippen LogP contribution is 2.36. The van der Waals surface area contributed by atoms with Gasteiger partial charge in [0.1, 0.15) is 5.82 Å². The molecule has 1 saturated heterocycles. The zero-order chi connectivity index (χ0) is 20.8. The van der Waals surface area contributed by atoms with Gasteiger partial charge in [-0.1, -0.05) is 19.8 Å². The first kappa shape index (κ1) is 21.9. The van der Waals surface area contributed by atoms with Crippen molar-refractivity contribution in [3.8, 4) is 0 Å². The van der Waals surface area contributed by atoms with Crippen LogP contribution in [-0.4, -0.2) is 36.2 Å². The molecule has 1 aliphatic carbocycles. The molecule has 1 aliphatic heterocycles. The summed E-state index contributed by atoms with van der Waals surface area (Å²) in [5.41, 5.74) is 6.19. The summed E-state index contributed by atoms with van der Waals surface area (Å²) in [7, 11) is 0. The number of rotatable bonds is 8. The maximum atomic E-state index is 13.1. The molecule has 0 spiro atoms. The maximum Gasteiger partial charge on any atom is 0.220 e. The Morgan fingerprint density at radius 3 is 2.24 bits per heavy atom. The molecule has 160 valence electrons. The largest absolute Gasteiger partial charge is 0.369 e. The fraction of sp³-hybridized carbons (Fsp3) is 0.667. The molecule has 29 heavy (non-hydrogen) atoms. The molecule has 0 aromatic heterocycles. The monoisotopic (exact) mass is 402 g/mol. The van der Waals surface area contributed by atoms with Crippen LogP contribution >= 0.6 is 0 Å². The van der Waals surface area contributed by atoms with Crippen molar-refractivity contribution in [2.24, 2.45) is 29.4 Å². The number of piperidine rings is 1. The zero-order valence-corrected chi connectivity index (χ0v) is 17.6. The Balaban J connectivity index is 1.37. The van der Waals surface area contributed by atoms with Gasteiger partial charge in [0.15, 0.2) is 5.78 Å². The number of nitrogens with zero attached hydrogens (tertiary/aromatic N) is 1. The second-order valence-corrected chi connectivity index (χ2v) is 8.97. The second kappa shape index (κ2) is 10.3. The van der Waals surface area contributed by atoms with E-state index in [-0.39, 0.29) is 29.3 Å². The van der Waals surface area contributed by atoms with Crippen LogP contribution in [0.1, 0.15) is 68.6 Å². The average molecular weight is 403 g/mol. The van der Waals surface area contributed by atoms with Crippen LogP contribution < -0.4 is 5.73 Å². The molecule has 1 unspecified atom stereocenters. The van der Waals surface area contributed by atoms with E-state index in [0.717, 1.165) is 57.7 Å². The number of halogens is 1. The summed E-state index contributed by atoms with van der Waals surface area (Å²) in [5.74, 6) is 1.06. The lowest BCUT2D eigenvalue weighted by Gasteiger charge is -2.35. The molecule has 1 aromatic carbocycles. The number of ketones is 1. The number of benzene rings is 1. The third-order valence-electron chi connectivity index (χ3n) is 7.21. The first-order valence-corrected chi connectivity index (χ1v) is 11.3. The lowest BCUT2D eigenvalue weighted by atomic mass is 9.74. The van der Waals surface area contributed by atoms with Gasteiger partial charge in [-0.3, -0.25) is 9.59 Å². The summed E-state index contributed by atoms with van der Waals surface area (Å²) < 4.78 is 13.1. The fourth-order valence-corrected chi connectivity index (χ4v) is 5.28. The quantitative estimate of drug-likeness (QED) is 0.654. The summed E-state index contributed by atoms with van der Waals surface area (Å²) >= 11 is 0. The molecule has 1 heterocycles. The van der Waals surface area contributed by atoms with Gasteiger partial charge in [0.25, 0.3) is 0 Å². The minimum absolute atomic E-state index is 0.0497. The zero-order valence-electron chi connectivity index (χ0n) is 17.6. The molecule has 0 radical (unpaired) electrons. The van der Waals surface area contributed by atoms with E-state index in [9.17, 15) is 14.0 Å². The molecule has 5 heteroatoms. The third-order valence-corrected chi connectivity index (χ3v) is 7.21. The minimum atomic E-state index is -0.301. The Bertz CT molecular complexity index is 675. The van der Waals surface area contributed by atoms with Crippen molar-refractivity contribution >= 4 is 11.7 Å². The van der Waals surface area contributed by atoms with Gasteiger partial charge in [0.05, 0.1) is 0 Å². The first-order valence-electron chi connectivity index (χ1n) is 11.3. The van der Waals surface area contributed by atoms with Crippen LogP contribution in [0.25, 0.3) is 0 Å². The van der Waals surface area contributed by atoms with Gasteiger partial charge in [-0.2, -0.15) is 0 Å². The summed E-state index contributed by atoms with van der Waals surface area (Å²) in [6, 6.07) is 5.93. The number of carbonyl (C=O) groups is 2. The summed E-state index contributed by atoms with van der Waals surface area (Å²) in [4.78, 5) is 26.7. The Hall–Kier alpha value is -1.75. The molecular formula is C24H35FN2O2. The number of likely N-dealkylation sites (tertiary alicyclic amines) is 1. The van der Waals surface area contributed by atoms with Gasteiger partial charge in [0, 0.05) is 17.4 Å². The van der Waals surface area contributed by atoms with Crippen LogP contribution in [0.2, 0.25) is 0 Å². The van der Waals surface area contributed by atoms with Crippen LogP contribution in [0.5, 0.6) is 0 Å². The maximum absolute atomic E-state index is 13.1. The van der Waals surface area contributed by atoms with E-state index in [4.69, 9.17) is 5.73 Å². The molecule has 0 bridgehead atoms. The number of nitrogens with two attached hydrogens (primary N) is 1. The van der Waals surface area contributed by atoms with E-state index in [1.54, 1.807) is 12.1 Å². The highest BCUT2D eigenvalue weighted by Gasteiger charge is 2.30. The predicted molar refractivity (Wildman–Crippen MR) is 113 cm³/mol.